The summed E-state index contributed by atoms with van der Waals surface area (Å²) in [4.78, 5) is 40.4. The maximum atomic E-state index is 13.4. The number of benzene rings is 1. The third-order valence-corrected chi connectivity index (χ3v) is 4.45. The van der Waals surface area contributed by atoms with Crippen LogP contribution in [0.15, 0.2) is 18.2 Å². The standard InChI is InChI=1S/C24H39N3O5/c1-10-13-27(21(30)16(3)25-22(31)32-24(7,8)9)19(20(29)26-23(4,5)6)17-11-12-18(28)15(2)14-17/h11-12,14,16,19,28H,10,13H2,1-9H3,(H,25,31)(H,26,29). The van der Waals surface area contributed by atoms with Crippen molar-refractivity contribution in [3.8, 4) is 5.75 Å². The Bertz CT molecular complexity index is 824. The first-order valence-electron chi connectivity index (χ1n) is 11.0. The number of carbonyl (C=O) groups excluding carboxylic acids is 3. The van der Waals surface area contributed by atoms with Gasteiger partial charge in [-0.1, -0.05) is 13.0 Å². The number of nitrogens with one attached hydrogen (secondary N) is 2. The summed E-state index contributed by atoms with van der Waals surface area (Å²) in [5.74, 6) is -0.636. The van der Waals surface area contributed by atoms with Crippen molar-refractivity contribution in [3.63, 3.8) is 0 Å². The zero-order valence-corrected chi connectivity index (χ0v) is 20.8. The number of aromatic hydroxyl groups is 1. The lowest BCUT2D eigenvalue weighted by Gasteiger charge is -2.35. The minimum Gasteiger partial charge on any atom is -0.508 e. The molecule has 0 aliphatic rings. The van der Waals surface area contributed by atoms with Gasteiger partial charge in [-0.2, -0.15) is 0 Å². The Balaban J connectivity index is 3.33. The Labute approximate surface area is 191 Å². The molecule has 0 saturated heterocycles. The van der Waals surface area contributed by atoms with Crippen LogP contribution < -0.4 is 10.6 Å². The molecule has 1 aromatic rings. The molecule has 0 aliphatic heterocycles. The summed E-state index contributed by atoms with van der Waals surface area (Å²) < 4.78 is 5.26. The quantitative estimate of drug-likeness (QED) is 0.587. The largest absolute Gasteiger partial charge is 0.508 e. The van der Waals surface area contributed by atoms with E-state index in [0.29, 0.717) is 24.1 Å². The van der Waals surface area contributed by atoms with Crippen molar-refractivity contribution in [1.82, 2.24) is 15.5 Å². The van der Waals surface area contributed by atoms with Crippen LogP contribution in [0.4, 0.5) is 4.79 Å². The summed E-state index contributed by atoms with van der Waals surface area (Å²) in [6.45, 7) is 16.3. The minimum atomic E-state index is -0.927. The van der Waals surface area contributed by atoms with Crippen LogP contribution in [0, 0.1) is 6.92 Å². The average molecular weight is 450 g/mol. The smallest absolute Gasteiger partial charge is 0.408 e. The van der Waals surface area contributed by atoms with Crippen LogP contribution in [0.5, 0.6) is 5.75 Å². The summed E-state index contributed by atoms with van der Waals surface area (Å²) in [7, 11) is 0. The van der Waals surface area contributed by atoms with Gasteiger partial charge in [-0.05, 0) is 85.1 Å². The maximum absolute atomic E-state index is 13.4. The first-order valence-corrected chi connectivity index (χ1v) is 11.0. The highest BCUT2D eigenvalue weighted by Crippen LogP contribution is 2.27. The summed E-state index contributed by atoms with van der Waals surface area (Å²) in [5, 5.41) is 15.5. The van der Waals surface area contributed by atoms with Gasteiger partial charge in [0.25, 0.3) is 0 Å². The number of aryl methyl sites for hydroxylation is 1. The van der Waals surface area contributed by atoms with Crippen molar-refractivity contribution < 1.29 is 24.2 Å². The van der Waals surface area contributed by atoms with E-state index in [0.717, 1.165) is 0 Å². The Morgan fingerprint density at radius 3 is 2.19 bits per heavy atom. The molecule has 8 nitrogen and oxygen atoms in total. The molecule has 0 fully saturated rings. The van der Waals surface area contributed by atoms with Gasteiger partial charge >= 0.3 is 6.09 Å². The first kappa shape index (κ1) is 27.3. The third-order valence-electron chi connectivity index (χ3n) is 4.45. The van der Waals surface area contributed by atoms with E-state index in [4.69, 9.17) is 4.74 Å². The van der Waals surface area contributed by atoms with E-state index in [9.17, 15) is 19.5 Å². The molecule has 3 N–H and O–H groups in total. The van der Waals surface area contributed by atoms with E-state index in [1.54, 1.807) is 46.8 Å². The van der Waals surface area contributed by atoms with Crippen LogP contribution in [0.2, 0.25) is 0 Å². The average Bonchev–Trinajstić information content (AvgIpc) is 2.60. The van der Waals surface area contributed by atoms with E-state index in [1.807, 2.05) is 27.7 Å². The topological polar surface area (TPSA) is 108 Å². The molecular formula is C24H39N3O5. The van der Waals surface area contributed by atoms with Crippen molar-refractivity contribution in [2.24, 2.45) is 0 Å². The fourth-order valence-electron chi connectivity index (χ4n) is 3.16. The summed E-state index contributed by atoms with van der Waals surface area (Å²) in [6, 6.07) is 3.02. The molecule has 32 heavy (non-hydrogen) atoms. The molecule has 0 aromatic heterocycles. The summed E-state index contributed by atoms with van der Waals surface area (Å²) >= 11 is 0. The minimum absolute atomic E-state index is 0.108. The Morgan fingerprint density at radius 1 is 1.12 bits per heavy atom. The lowest BCUT2D eigenvalue weighted by molar-refractivity contribution is -0.142. The van der Waals surface area contributed by atoms with Crippen molar-refractivity contribution in [1.29, 1.82) is 0 Å². The van der Waals surface area contributed by atoms with Crippen LogP contribution in [0.25, 0.3) is 0 Å². The monoisotopic (exact) mass is 449 g/mol. The Kier molecular flexibility index (Phi) is 9.12. The molecule has 3 amide bonds. The number of nitrogens with zero attached hydrogens (tertiary/aromatic N) is 1. The maximum Gasteiger partial charge on any atom is 0.408 e. The van der Waals surface area contributed by atoms with E-state index in [2.05, 4.69) is 10.6 Å². The van der Waals surface area contributed by atoms with Gasteiger partial charge in [0.15, 0.2) is 0 Å². The highest BCUT2D eigenvalue weighted by Gasteiger charge is 2.35. The second kappa shape index (κ2) is 10.7. The second-order valence-corrected chi connectivity index (χ2v) is 10.1. The molecule has 180 valence electrons. The molecular weight excluding hydrogens is 410 g/mol. The summed E-state index contributed by atoms with van der Waals surface area (Å²) in [5.41, 5.74) is -0.0368. The zero-order valence-electron chi connectivity index (χ0n) is 20.8. The van der Waals surface area contributed by atoms with Gasteiger partial charge in [0.05, 0.1) is 0 Å². The molecule has 0 heterocycles. The molecule has 0 saturated carbocycles. The molecule has 2 atom stereocenters. The van der Waals surface area contributed by atoms with E-state index in [1.165, 1.54) is 11.0 Å². The fourth-order valence-corrected chi connectivity index (χ4v) is 3.16. The molecule has 0 aliphatic carbocycles. The van der Waals surface area contributed by atoms with Crippen molar-refractivity contribution >= 4 is 17.9 Å². The van der Waals surface area contributed by atoms with Gasteiger partial charge in [0.1, 0.15) is 23.4 Å². The molecule has 1 aromatic carbocycles. The van der Waals surface area contributed by atoms with Gasteiger partial charge in [0, 0.05) is 12.1 Å². The molecule has 0 radical (unpaired) electrons. The van der Waals surface area contributed by atoms with Gasteiger partial charge in [-0.25, -0.2) is 4.79 Å². The number of ether oxygens (including phenoxy) is 1. The number of hydrogen-bond acceptors (Lipinski definition) is 5. The predicted octanol–water partition coefficient (Wildman–Crippen LogP) is 3.81. The van der Waals surface area contributed by atoms with E-state index >= 15 is 0 Å². The highest BCUT2D eigenvalue weighted by atomic mass is 16.6. The number of rotatable bonds is 7. The Hall–Kier alpha value is -2.77. The number of hydrogen-bond donors (Lipinski definition) is 3. The van der Waals surface area contributed by atoms with Crippen LogP contribution >= 0.6 is 0 Å². The second-order valence-electron chi connectivity index (χ2n) is 10.1. The highest BCUT2D eigenvalue weighted by molar-refractivity contribution is 5.92. The number of alkyl carbamates (subject to hydrolysis) is 1. The van der Waals surface area contributed by atoms with Crippen LogP contribution in [0.1, 0.15) is 79.0 Å². The normalized spacial score (nSPS) is 13.7. The van der Waals surface area contributed by atoms with Crippen molar-refractivity contribution in [2.45, 2.75) is 92.0 Å². The summed E-state index contributed by atoms with van der Waals surface area (Å²) in [6.07, 6.45) is -0.0904. The fraction of sp³-hybridized carbons (Fsp3) is 0.625. The van der Waals surface area contributed by atoms with Crippen LogP contribution in [-0.2, 0) is 14.3 Å². The predicted molar refractivity (Wildman–Crippen MR) is 124 cm³/mol. The van der Waals surface area contributed by atoms with E-state index in [-0.39, 0.29) is 11.7 Å². The van der Waals surface area contributed by atoms with Gasteiger partial charge in [-0.15, -0.1) is 0 Å². The van der Waals surface area contributed by atoms with Crippen molar-refractivity contribution in [3.05, 3.63) is 29.3 Å². The van der Waals surface area contributed by atoms with Gasteiger partial charge in [0.2, 0.25) is 11.8 Å². The molecule has 0 bridgehead atoms. The lowest BCUT2D eigenvalue weighted by atomic mass is 9.98. The molecule has 0 spiro atoms. The van der Waals surface area contributed by atoms with E-state index < -0.39 is 35.2 Å². The first-order chi connectivity index (χ1) is 14.6. The zero-order chi connectivity index (χ0) is 24.9. The number of phenolic OH excluding ortho intramolecular Hbond substituents is 1. The van der Waals surface area contributed by atoms with Crippen LogP contribution in [0.3, 0.4) is 0 Å². The number of phenols is 1. The SMILES string of the molecule is CCCN(C(=O)C(C)NC(=O)OC(C)(C)C)C(C(=O)NC(C)(C)C)c1ccc(O)c(C)c1. The van der Waals surface area contributed by atoms with Gasteiger partial charge in [-0.3, -0.25) is 9.59 Å². The van der Waals surface area contributed by atoms with Crippen LogP contribution in [-0.4, -0.2) is 51.6 Å². The Morgan fingerprint density at radius 2 is 1.72 bits per heavy atom. The molecule has 1 rings (SSSR count). The number of carbonyl (C=O) groups is 3. The van der Waals surface area contributed by atoms with Gasteiger partial charge < -0.3 is 25.4 Å². The molecule has 8 heteroatoms. The number of amides is 3. The molecule has 2 unspecified atom stereocenters. The third kappa shape index (κ3) is 8.40. The van der Waals surface area contributed by atoms with Crippen molar-refractivity contribution in [2.75, 3.05) is 6.54 Å². The lowest BCUT2D eigenvalue weighted by Crippen LogP contribution is -2.54.